The summed E-state index contributed by atoms with van der Waals surface area (Å²) < 4.78 is 3.04. The molecule has 1 N–H and O–H groups in total. The smallest absolute Gasteiger partial charge is 0.271 e. The molecule has 27 heavy (non-hydrogen) atoms. The standard InChI is InChI=1S/C20H17N3OS3/c1-12-8-9-13(2)14(10-12)11-26-19-21-17-16(18(24)22-19)27-20(25)23(17)15-6-4-3-5-7-15/h3-10H,11H2,1-2H3,(H,21,22,24). The van der Waals surface area contributed by atoms with Gasteiger partial charge in [0.05, 0.1) is 0 Å². The minimum absolute atomic E-state index is 0.144. The summed E-state index contributed by atoms with van der Waals surface area (Å²) in [4.78, 5) is 20.2. The maximum atomic E-state index is 12.6. The van der Waals surface area contributed by atoms with Crippen molar-refractivity contribution in [3.05, 3.63) is 79.5 Å². The molecule has 0 radical (unpaired) electrons. The van der Waals surface area contributed by atoms with E-state index in [2.05, 4.69) is 37.0 Å². The van der Waals surface area contributed by atoms with E-state index in [-0.39, 0.29) is 5.56 Å². The molecule has 7 heteroatoms. The molecule has 0 unspecified atom stereocenters. The highest BCUT2D eigenvalue weighted by atomic mass is 32.2. The van der Waals surface area contributed by atoms with Gasteiger partial charge in [-0.05, 0) is 49.3 Å². The maximum Gasteiger partial charge on any atom is 0.271 e. The van der Waals surface area contributed by atoms with Crippen LogP contribution in [0.15, 0.2) is 58.5 Å². The molecule has 0 saturated heterocycles. The van der Waals surface area contributed by atoms with Crippen molar-refractivity contribution < 1.29 is 0 Å². The zero-order chi connectivity index (χ0) is 19.0. The highest BCUT2D eigenvalue weighted by Gasteiger charge is 2.14. The Kier molecular flexibility index (Phi) is 4.99. The summed E-state index contributed by atoms with van der Waals surface area (Å²) in [5.74, 6) is 0.748. The minimum Gasteiger partial charge on any atom is -0.300 e. The first kappa shape index (κ1) is 18.2. The summed E-state index contributed by atoms with van der Waals surface area (Å²) in [6.07, 6.45) is 0. The van der Waals surface area contributed by atoms with Gasteiger partial charge in [0.15, 0.2) is 14.8 Å². The summed E-state index contributed by atoms with van der Waals surface area (Å²) in [7, 11) is 0. The Balaban J connectivity index is 1.76. The van der Waals surface area contributed by atoms with Gasteiger partial charge in [0, 0.05) is 11.4 Å². The van der Waals surface area contributed by atoms with E-state index in [1.165, 1.54) is 39.8 Å². The van der Waals surface area contributed by atoms with Gasteiger partial charge in [0.25, 0.3) is 5.56 Å². The number of aryl methyl sites for hydroxylation is 2. The number of hydrogen-bond donors (Lipinski definition) is 1. The van der Waals surface area contributed by atoms with Crippen molar-refractivity contribution in [2.45, 2.75) is 24.8 Å². The van der Waals surface area contributed by atoms with Gasteiger partial charge in [-0.2, -0.15) is 0 Å². The number of nitrogens with one attached hydrogen (secondary N) is 1. The van der Waals surface area contributed by atoms with Crippen molar-refractivity contribution in [1.29, 1.82) is 0 Å². The largest absolute Gasteiger partial charge is 0.300 e. The summed E-state index contributed by atoms with van der Waals surface area (Å²) in [5, 5.41) is 0.603. The number of aromatic nitrogens is 3. The number of hydrogen-bond acceptors (Lipinski definition) is 5. The second kappa shape index (κ2) is 7.42. The number of thioether (sulfide) groups is 1. The number of benzene rings is 2. The number of rotatable bonds is 4. The van der Waals surface area contributed by atoms with Gasteiger partial charge < -0.3 is 4.98 Å². The Bertz CT molecular complexity index is 1240. The average molecular weight is 412 g/mol. The van der Waals surface area contributed by atoms with Gasteiger partial charge in [0.1, 0.15) is 4.70 Å². The Hall–Kier alpha value is -2.22. The second-order valence-corrected chi connectivity index (χ2v) is 8.89. The molecule has 136 valence electrons. The maximum absolute atomic E-state index is 12.6. The fourth-order valence-corrected chi connectivity index (χ4v) is 5.06. The van der Waals surface area contributed by atoms with Crippen LogP contribution in [0.5, 0.6) is 0 Å². The molecule has 0 bridgehead atoms. The van der Waals surface area contributed by atoms with Crippen molar-refractivity contribution in [3.8, 4) is 5.69 Å². The molecule has 0 fully saturated rings. The number of fused-ring (bicyclic) bond motifs is 1. The first-order valence-electron chi connectivity index (χ1n) is 8.43. The molecule has 4 aromatic rings. The van der Waals surface area contributed by atoms with Crippen molar-refractivity contribution in [2.24, 2.45) is 0 Å². The van der Waals surface area contributed by atoms with Crippen LogP contribution in [-0.4, -0.2) is 14.5 Å². The summed E-state index contributed by atoms with van der Waals surface area (Å²) >= 11 is 8.31. The summed E-state index contributed by atoms with van der Waals surface area (Å²) in [5.41, 5.74) is 5.09. The third-order valence-electron chi connectivity index (χ3n) is 4.30. The first-order chi connectivity index (χ1) is 13.0. The number of nitrogens with zero attached hydrogens (tertiary/aromatic N) is 2. The molecular weight excluding hydrogens is 394 g/mol. The third-order valence-corrected chi connectivity index (χ3v) is 6.59. The van der Waals surface area contributed by atoms with Crippen LogP contribution in [0, 0.1) is 17.8 Å². The van der Waals surface area contributed by atoms with Crippen LogP contribution in [0.4, 0.5) is 0 Å². The normalized spacial score (nSPS) is 11.2. The molecule has 0 aliphatic carbocycles. The fraction of sp³-hybridized carbons (Fsp3) is 0.150. The Morgan fingerprint density at radius 1 is 1.19 bits per heavy atom. The van der Waals surface area contributed by atoms with Crippen LogP contribution >= 0.6 is 35.3 Å². The molecule has 0 amide bonds. The van der Waals surface area contributed by atoms with E-state index in [0.717, 1.165) is 11.4 Å². The van der Waals surface area contributed by atoms with Crippen LogP contribution in [0.25, 0.3) is 16.0 Å². The Labute approximate surface area is 169 Å². The van der Waals surface area contributed by atoms with E-state index >= 15 is 0 Å². The summed E-state index contributed by atoms with van der Waals surface area (Å²) in [6.45, 7) is 4.18. The second-order valence-electron chi connectivity index (χ2n) is 6.28. The molecule has 4 nitrogen and oxygen atoms in total. The number of H-pyrrole nitrogens is 1. The Morgan fingerprint density at radius 2 is 1.96 bits per heavy atom. The van der Waals surface area contributed by atoms with E-state index in [9.17, 15) is 4.79 Å². The van der Waals surface area contributed by atoms with Crippen LogP contribution < -0.4 is 5.56 Å². The first-order valence-corrected chi connectivity index (χ1v) is 10.6. The van der Waals surface area contributed by atoms with Crippen molar-refractivity contribution >= 4 is 45.7 Å². The van der Waals surface area contributed by atoms with Crippen LogP contribution in [-0.2, 0) is 5.75 Å². The fourth-order valence-electron chi connectivity index (χ4n) is 2.87. The lowest BCUT2D eigenvalue weighted by Crippen LogP contribution is -2.09. The van der Waals surface area contributed by atoms with Gasteiger partial charge >= 0.3 is 0 Å². The molecule has 2 heterocycles. The van der Waals surface area contributed by atoms with E-state index < -0.39 is 0 Å². The lowest BCUT2D eigenvalue weighted by molar-refractivity contribution is 0.943. The average Bonchev–Trinajstić information content (AvgIpc) is 3.00. The Morgan fingerprint density at radius 3 is 2.74 bits per heavy atom. The number of aromatic amines is 1. The van der Waals surface area contributed by atoms with Crippen LogP contribution in [0.2, 0.25) is 0 Å². The monoisotopic (exact) mass is 411 g/mol. The molecule has 0 atom stereocenters. The molecule has 0 aliphatic rings. The molecule has 2 aromatic heterocycles. The zero-order valence-electron chi connectivity index (χ0n) is 14.9. The molecule has 2 aromatic carbocycles. The van der Waals surface area contributed by atoms with E-state index in [4.69, 9.17) is 17.2 Å². The highest BCUT2D eigenvalue weighted by molar-refractivity contribution is 7.98. The number of para-hydroxylation sites is 1. The van der Waals surface area contributed by atoms with Crippen LogP contribution in [0.1, 0.15) is 16.7 Å². The predicted molar refractivity (Wildman–Crippen MR) is 116 cm³/mol. The van der Waals surface area contributed by atoms with Crippen molar-refractivity contribution in [3.63, 3.8) is 0 Å². The van der Waals surface area contributed by atoms with E-state index in [1.807, 2.05) is 34.9 Å². The van der Waals surface area contributed by atoms with Gasteiger partial charge in [-0.3, -0.25) is 9.36 Å². The topological polar surface area (TPSA) is 50.7 Å². The third kappa shape index (κ3) is 3.63. The predicted octanol–water partition coefficient (Wildman–Crippen LogP) is 5.41. The van der Waals surface area contributed by atoms with Gasteiger partial charge in [0.2, 0.25) is 0 Å². The van der Waals surface area contributed by atoms with Crippen LogP contribution in [0.3, 0.4) is 0 Å². The van der Waals surface area contributed by atoms with Crippen molar-refractivity contribution in [2.75, 3.05) is 0 Å². The van der Waals surface area contributed by atoms with E-state index in [1.54, 1.807) is 0 Å². The van der Waals surface area contributed by atoms with E-state index in [0.29, 0.717) is 19.5 Å². The highest BCUT2D eigenvalue weighted by Crippen LogP contribution is 2.26. The lowest BCUT2D eigenvalue weighted by Gasteiger charge is -2.07. The molecule has 0 spiro atoms. The van der Waals surface area contributed by atoms with Gasteiger partial charge in [-0.15, -0.1) is 0 Å². The molecule has 4 rings (SSSR count). The molecular formula is C20H17N3OS3. The minimum atomic E-state index is -0.144. The zero-order valence-corrected chi connectivity index (χ0v) is 17.3. The quantitative estimate of drug-likeness (QED) is 0.277. The molecule has 0 aliphatic heterocycles. The van der Waals surface area contributed by atoms with Gasteiger partial charge in [-0.25, -0.2) is 4.98 Å². The number of thiazole rings is 1. The molecule has 0 saturated carbocycles. The van der Waals surface area contributed by atoms with Gasteiger partial charge in [-0.1, -0.05) is 65.1 Å². The van der Waals surface area contributed by atoms with Crippen molar-refractivity contribution in [1.82, 2.24) is 14.5 Å². The lowest BCUT2D eigenvalue weighted by atomic mass is 10.1. The summed E-state index contributed by atoms with van der Waals surface area (Å²) in [6, 6.07) is 16.2. The SMILES string of the molecule is Cc1ccc(C)c(CSc2nc3c(sc(=S)n3-c3ccccc3)c(=O)[nH]2)c1.